The first-order valence-corrected chi connectivity index (χ1v) is 6.55. The molecule has 2 atom stereocenters. The Hall–Kier alpha value is -1.35. The molecule has 1 fully saturated rings. The Bertz CT molecular complexity index is 575. The third-order valence-corrected chi connectivity index (χ3v) is 3.92. The van der Waals surface area contributed by atoms with Gasteiger partial charge in [-0.1, -0.05) is 6.92 Å². The first-order valence-electron chi connectivity index (χ1n) is 6.55. The van der Waals surface area contributed by atoms with Gasteiger partial charge in [0.25, 0.3) is 0 Å². The lowest BCUT2D eigenvalue weighted by Gasteiger charge is -2.29. The van der Waals surface area contributed by atoms with Crippen LogP contribution in [0.15, 0.2) is 22.6 Å². The largest absolute Gasteiger partial charge is 0.461 e. The second-order valence-electron chi connectivity index (χ2n) is 5.35. The van der Waals surface area contributed by atoms with Crippen molar-refractivity contribution in [3.63, 3.8) is 0 Å². The topological polar surface area (TPSA) is 25.2 Å². The zero-order valence-electron chi connectivity index (χ0n) is 10.8. The molecule has 96 valence electrons. The van der Waals surface area contributed by atoms with E-state index in [9.17, 15) is 4.39 Å². The molecule has 1 saturated heterocycles. The monoisotopic (exact) mass is 247 g/mol. The van der Waals surface area contributed by atoms with Crippen molar-refractivity contribution in [2.24, 2.45) is 5.92 Å². The van der Waals surface area contributed by atoms with Crippen LogP contribution in [0.4, 0.5) is 4.39 Å². The van der Waals surface area contributed by atoms with Crippen LogP contribution >= 0.6 is 0 Å². The second-order valence-corrected chi connectivity index (χ2v) is 5.35. The first-order chi connectivity index (χ1) is 8.65. The fourth-order valence-corrected chi connectivity index (χ4v) is 3.02. The molecule has 0 saturated carbocycles. The number of benzene rings is 1. The van der Waals surface area contributed by atoms with Crippen LogP contribution in [0.2, 0.25) is 0 Å². The predicted molar refractivity (Wildman–Crippen MR) is 70.3 cm³/mol. The van der Waals surface area contributed by atoms with Gasteiger partial charge < -0.3 is 9.73 Å². The summed E-state index contributed by atoms with van der Waals surface area (Å²) in [5.41, 5.74) is 1.90. The van der Waals surface area contributed by atoms with Crippen LogP contribution in [0.3, 0.4) is 0 Å². The Balaban J connectivity index is 2.14. The van der Waals surface area contributed by atoms with Crippen molar-refractivity contribution in [3.8, 4) is 0 Å². The van der Waals surface area contributed by atoms with Crippen molar-refractivity contribution < 1.29 is 8.81 Å². The number of furan rings is 1. The lowest BCUT2D eigenvalue weighted by molar-refractivity contribution is 0.348. The van der Waals surface area contributed by atoms with Gasteiger partial charge >= 0.3 is 0 Å². The summed E-state index contributed by atoms with van der Waals surface area (Å²) in [6, 6.07) is 5.12. The predicted octanol–water partition coefficient (Wildman–Crippen LogP) is 3.59. The standard InChI is InChI=1S/C15H18FNO/c1-9-8-17-4-3-13(9)14-7-12(16)6-11-5-10(2)18-15(11)14/h5-7,9,13,17H,3-4,8H2,1-2H3. The Kier molecular flexibility index (Phi) is 2.86. The molecule has 3 heteroatoms. The molecule has 2 unspecified atom stereocenters. The molecule has 18 heavy (non-hydrogen) atoms. The Labute approximate surface area is 106 Å². The molecule has 0 radical (unpaired) electrons. The normalized spacial score (nSPS) is 24.6. The molecule has 1 aliphatic heterocycles. The van der Waals surface area contributed by atoms with Crippen LogP contribution in [0.5, 0.6) is 0 Å². The highest BCUT2D eigenvalue weighted by molar-refractivity contribution is 5.81. The van der Waals surface area contributed by atoms with Crippen LogP contribution in [-0.2, 0) is 0 Å². The summed E-state index contributed by atoms with van der Waals surface area (Å²) in [6.45, 7) is 6.10. The number of piperidine rings is 1. The van der Waals surface area contributed by atoms with Crippen LogP contribution in [-0.4, -0.2) is 13.1 Å². The Morgan fingerprint density at radius 3 is 2.94 bits per heavy atom. The van der Waals surface area contributed by atoms with E-state index >= 15 is 0 Å². The third kappa shape index (κ3) is 1.93. The first kappa shape index (κ1) is 11.7. The lowest BCUT2D eigenvalue weighted by atomic mass is 9.82. The fourth-order valence-electron chi connectivity index (χ4n) is 3.02. The summed E-state index contributed by atoms with van der Waals surface area (Å²) in [4.78, 5) is 0. The maximum Gasteiger partial charge on any atom is 0.137 e. The van der Waals surface area contributed by atoms with E-state index in [-0.39, 0.29) is 5.82 Å². The Morgan fingerprint density at radius 1 is 1.33 bits per heavy atom. The Morgan fingerprint density at radius 2 is 2.17 bits per heavy atom. The highest BCUT2D eigenvalue weighted by Crippen LogP contribution is 2.36. The van der Waals surface area contributed by atoms with Gasteiger partial charge in [-0.25, -0.2) is 4.39 Å². The van der Waals surface area contributed by atoms with Crippen LogP contribution in [0, 0.1) is 18.7 Å². The number of nitrogens with one attached hydrogen (secondary N) is 1. The number of rotatable bonds is 1. The lowest BCUT2D eigenvalue weighted by Crippen LogP contribution is -2.33. The van der Waals surface area contributed by atoms with Crippen LogP contribution in [0.1, 0.15) is 30.6 Å². The molecule has 2 heterocycles. The van der Waals surface area contributed by atoms with Crippen LogP contribution in [0.25, 0.3) is 11.0 Å². The number of hydrogen-bond donors (Lipinski definition) is 1. The summed E-state index contributed by atoms with van der Waals surface area (Å²) in [7, 11) is 0. The van der Waals surface area contributed by atoms with Gasteiger partial charge in [-0.15, -0.1) is 0 Å². The van der Waals surface area contributed by atoms with Crippen LogP contribution < -0.4 is 5.32 Å². The van der Waals surface area contributed by atoms with E-state index in [0.29, 0.717) is 11.8 Å². The van der Waals surface area contributed by atoms with Gasteiger partial charge in [0.15, 0.2) is 0 Å². The summed E-state index contributed by atoms with van der Waals surface area (Å²) in [5, 5.41) is 4.26. The van der Waals surface area contributed by atoms with Crippen molar-refractivity contribution in [2.45, 2.75) is 26.2 Å². The van der Waals surface area contributed by atoms with Gasteiger partial charge in [0, 0.05) is 10.9 Å². The van der Waals surface area contributed by atoms with E-state index in [2.05, 4.69) is 12.2 Å². The zero-order valence-corrected chi connectivity index (χ0v) is 10.8. The van der Waals surface area contributed by atoms with Crippen molar-refractivity contribution in [1.29, 1.82) is 0 Å². The SMILES string of the molecule is Cc1cc2cc(F)cc(C3CCNCC3C)c2o1. The van der Waals surface area contributed by atoms with Crippen molar-refractivity contribution in [2.75, 3.05) is 13.1 Å². The summed E-state index contributed by atoms with van der Waals surface area (Å²) < 4.78 is 19.5. The molecule has 1 aromatic heterocycles. The van der Waals surface area contributed by atoms with Crippen molar-refractivity contribution in [3.05, 3.63) is 35.3 Å². The quantitative estimate of drug-likeness (QED) is 0.833. The van der Waals surface area contributed by atoms with E-state index < -0.39 is 0 Å². The van der Waals surface area contributed by atoms with Gasteiger partial charge in [0.2, 0.25) is 0 Å². The highest BCUT2D eigenvalue weighted by atomic mass is 19.1. The number of aryl methyl sites for hydroxylation is 1. The molecule has 3 rings (SSSR count). The summed E-state index contributed by atoms with van der Waals surface area (Å²) in [5.74, 6) is 1.58. The smallest absolute Gasteiger partial charge is 0.137 e. The van der Waals surface area contributed by atoms with E-state index in [4.69, 9.17) is 4.42 Å². The number of hydrogen-bond acceptors (Lipinski definition) is 2. The average molecular weight is 247 g/mol. The van der Waals surface area contributed by atoms with Crippen molar-refractivity contribution in [1.82, 2.24) is 5.32 Å². The van der Waals surface area contributed by atoms with E-state index in [1.807, 2.05) is 13.0 Å². The molecule has 1 aliphatic rings. The minimum Gasteiger partial charge on any atom is -0.461 e. The van der Waals surface area contributed by atoms with Gasteiger partial charge in [-0.2, -0.15) is 0 Å². The highest BCUT2D eigenvalue weighted by Gasteiger charge is 2.26. The van der Waals surface area contributed by atoms with E-state index in [1.165, 1.54) is 0 Å². The number of fused-ring (bicyclic) bond motifs is 1. The minimum atomic E-state index is -0.163. The van der Waals surface area contributed by atoms with E-state index in [0.717, 1.165) is 41.8 Å². The van der Waals surface area contributed by atoms with Gasteiger partial charge in [-0.05, 0) is 56.5 Å². The molecular weight excluding hydrogens is 229 g/mol. The molecule has 0 aliphatic carbocycles. The minimum absolute atomic E-state index is 0.163. The molecule has 1 N–H and O–H groups in total. The van der Waals surface area contributed by atoms with Gasteiger partial charge in [-0.3, -0.25) is 0 Å². The van der Waals surface area contributed by atoms with Gasteiger partial charge in [0.1, 0.15) is 17.2 Å². The molecule has 1 aromatic carbocycles. The summed E-state index contributed by atoms with van der Waals surface area (Å²) >= 11 is 0. The van der Waals surface area contributed by atoms with Gasteiger partial charge in [0.05, 0.1) is 0 Å². The molecule has 0 bridgehead atoms. The zero-order chi connectivity index (χ0) is 12.7. The van der Waals surface area contributed by atoms with Crippen molar-refractivity contribution >= 4 is 11.0 Å². The molecule has 2 aromatic rings. The fraction of sp³-hybridized carbons (Fsp3) is 0.467. The maximum atomic E-state index is 13.7. The molecule has 0 amide bonds. The molecule has 2 nitrogen and oxygen atoms in total. The molecular formula is C15H18FNO. The maximum absolute atomic E-state index is 13.7. The summed E-state index contributed by atoms with van der Waals surface area (Å²) in [6.07, 6.45) is 1.04. The number of halogens is 1. The average Bonchev–Trinajstić information content (AvgIpc) is 2.69. The van der Waals surface area contributed by atoms with E-state index in [1.54, 1.807) is 12.1 Å². The molecule has 0 spiro atoms. The third-order valence-electron chi connectivity index (χ3n) is 3.92. The second kappa shape index (κ2) is 4.39.